The topological polar surface area (TPSA) is 32.8 Å². The van der Waals surface area contributed by atoms with Crippen molar-refractivity contribution in [1.82, 2.24) is 10.0 Å². The third kappa shape index (κ3) is 2.82. The first-order valence-corrected chi connectivity index (χ1v) is 5.06. The van der Waals surface area contributed by atoms with E-state index in [4.69, 9.17) is 4.74 Å². The van der Waals surface area contributed by atoms with Crippen LogP contribution in [0, 0.1) is 0 Å². The van der Waals surface area contributed by atoms with Crippen LogP contribution in [0.25, 0.3) is 0 Å². The Morgan fingerprint density at radius 3 is 2.71 bits per heavy atom. The first-order chi connectivity index (χ1) is 6.79. The van der Waals surface area contributed by atoms with Crippen molar-refractivity contribution in [2.75, 3.05) is 32.8 Å². The zero-order valence-electron chi connectivity index (χ0n) is 8.74. The van der Waals surface area contributed by atoms with Crippen LogP contribution >= 0.6 is 0 Å². The molecule has 0 atom stereocenters. The highest BCUT2D eigenvalue weighted by Crippen LogP contribution is 2.05. The van der Waals surface area contributed by atoms with Crippen LogP contribution in [0.3, 0.4) is 0 Å². The molecule has 80 valence electrons. The van der Waals surface area contributed by atoms with Crippen molar-refractivity contribution in [3.8, 4) is 0 Å². The minimum Gasteiger partial charge on any atom is -0.379 e. The van der Waals surface area contributed by atoms with E-state index >= 15 is 0 Å². The van der Waals surface area contributed by atoms with Crippen molar-refractivity contribution in [3.63, 3.8) is 0 Å². The van der Waals surface area contributed by atoms with Crippen LogP contribution in [0.2, 0.25) is 0 Å². The largest absolute Gasteiger partial charge is 0.379 e. The lowest BCUT2D eigenvalue weighted by Gasteiger charge is -2.36. The monoisotopic (exact) mass is 198 g/mol. The van der Waals surface area contributed by atoms with Gasteiger partial charge in [-0.15, -0.1) is 0 Å². The summed E-state index contributed by atoms with van der Waals surface area (Å²) < 4.78 is 5.24. The maximum absolute atomic E-state index is 11.5. The molecule has 1 amide bonds. The highest BCUT2D eigenvalue weighted by atomic mass is 16.5. The first kappa shape index (κ1) is 11.2. The summed E-state index contributed by atoms with van der Waals surface area (Å²) in [6, 6.07) is 0. The number of amides is 1. The lowest BCUT2D eigenvalue weighted by molar-refractivity contribution is -0.151. The van der Waals surface area contributed by atoms with Gasteiger partial charge in [0.1, 0.15) is 0 Å². The number of carbonyl (C=O) groups is 1. The number of ether oxygens (including phenoxy) is 1. The number of rotatable bonds is 4. The van der Waals surface area contributed by atoms with E-state index < -0.39 is 0 Å². The quantitative estimate of drug-likeness (QED) is 0.622. The van der Waals surface area contributed by atoms with Crippen molar-refractivity contribution < 1.29 is 9.53 Å². The van der Waals surface area contributed by atoms with Gasteiger partial charge >= 0.3 is 0 Å². The van der Waals surface area contributed by atoms with E-state index in [1.165, 1.54) is 6.08 Å². The molecule has 1 saturated heterocycles. The van der Waals surface area contributed by atoms with E-state index in [2.05, 4.69) is 13.5 Å². The Hall–Kier alpha value is -0.870. The summed E-state index contributed by atoms with van der Waals surface area (Å²) in [5.74, 6) is -0.0197. The summed E-state index contributed by atoms with van der Waals surface area (Å²) in [4.78, 5) is 11.5. The van der Waals surface area contributed by atoms with Crippen LogP contribution in [-0.4, -0.2) is 48.8 Å². The Labute approximate surface area is 85.1 Å². The van der Waals surface area contributed by atoms with Gasteiger partial charge < -0.3 is 4.74 Å². The molecule has 0 aromatic rings. The van der Waals surface area contributed by atoms with Crippen LogP contribution in [0.15, 0.2) is 12.7 Å². The van der Waals surface area contributed by atoms with Gasteiger partial charge in [0, 0.05) is 19.6 Å². The van der Waals surface area contributed by atoms with Gasteiger partial charge in [0.2, 0.25) is 0 Å². The summed E-state index contributed by atoms with van der Waals surface area (Å²) in [5, 5.41) is 3.80. The van der Waals surface area contributed by atoms with Crippen molar-refractivity contribution in [2.24, 2.45) is 0 Å². The van der Waals surface area contributed by atoms with E-state index in [-0.39, 0.29) is 5.91 Å². The van der Waals surface area contributed by atoms with Gasteiger partial charge in [-0.3, -0.25) is 9.80 Å². The second kappa shape index (κ2) is 5.78. The number of hydrazine groups is 1. The highest BCUT2D eigenvalue weighted by molar-refractivity contribution is 5.86. The maximum Gasteiger partial charge on any atom is 0.260 e. The molecule has 0 radical (unpaired) electrons. The Kier molecular flexibility index (Phi) is 4.62. The summed E-state index contributed by atoms with van der Waals surface area (Å²) in [7, 11) is 0. The molecule has 0 spiro atoms. The number of carbonyl (C=O) groups excluding carboxylic acids is 1. The molecule has 4 heteroatoms. The number of hydrogen-bond donors (Lipinski definition) is 0. The van der Waals surface area contributed by atoms with Gasteiger partial charge in [0.25, 0.3) is 5.91 Å². The van der Waals surface area contributed by atoms with Gasteiger partial charge in [0.05, 0.1) is 13.2 Å². The molecular formula is C10H18N2O2. The molecule has 1 rings (SSSR count). The Morgan fingerprint density at radius 1 is 1.57 bits per heavy atom. The summed E-state index contributed by atoms with van der Waals surface area (Å²) in [6.07, 6.45) is 2.32. The van der Waals surface area contributed by atoms with E-state index in [0.717, 1.165) is 26.1 Å². The molecule has 0 aromatic heterocycles. The molecule has 14 heavy (non-hydrogen) atoms. The molecule has 0 saturated carbocycles. The minimum atomic E-state index is -0.0197. The van der Waals surface area contributed by atoms with Crippen molar-refractivity contribution in [3.05, 3.63) is 12.7 Å². The Bertz CT molecular complexity index is 200. The lowest BCUT2D eigenvalue weighted by atomic mass is 10.4. The van der Waals surface area contributed by atoms with E-state index in [9.17, 15) is 4.79 Å². The van der Waals surface area contributed by atoms with Gasteiger partial charge in [-0.25, -0.2) is 5.01 Å². The molecule has 1 heterocycles. The Morgan fingerprint density at radius 2 is 2.21 bits per heavy atom. The van der Waals surface area contributed by atoms with Gasteiger partial charge in [0.15, 0.2) is 0 Å². The molecule has 0 unspecified atom stereocenters. The van der Waals surface area contributed by atoms with Gasteiger partial charge in [-0.2, -0.15) is 0 Å². The second-order valence-electron chi connectivity index (χ2n) is 3.23. The third-order valence-electron chi connectivity index (χ3n) is 2.19. The molecular weight excluding hydrogens is 180 g/mol. The van der Waals surface area contributed by atoms with Crippen LogP contribution in [0.1, 0.15) is 13.3 Å². The third-order valence-corrected chi connectivity index (χ3v) is 2.19. The summed E-state index contributed by atoms with van der Waals surface area (Å²) >= 11 is 0. The smallest absolute Gasteiger partial charge is 0.260 e. The number of hydrogen-bond acceptors (Lipinski definition) is 3. The predicted octanol–water partition coefficient (Wildman–Crippen LogP) is 0.658. The predicted molar refractivity (Wildman–Crippen MR) is 54.6 cm³/mol. The van der Waals surface area contributed by atoms with Crippen LogP contribution < -0.4 is 0 Å². The number of nitrogens with zero attached hydrogens (tertiary/aromatic N) is 2. The fourth-order valence-corrected chi connectivity index (χ4v) is 1.50. The molecule has 0 aliphatic carbocycles. The number of morpholine rings is 1. The maximum atomic E-state index is 11.5. The van der Waals surface area contributed by atoms with Crippen LogP contribution in [0.4, 0.5) is 0 Å². The van der Waals surface area contributed by atoms with E-state index in [1.54, 1.807) is 5.01 Å². The normalized spacial score (nSPS) is 17.8. The highest BCUT2D eigenvalue weighted by Gasteiger charge is 2.20. The molecule has 1 aliphatic heterocycles. The van der Waals surface area contributed by atoms with E-state index in [0.29, 0.717) is 13.2 Å². The molecule has 0 N–H and O–H groups in total. The average molecular weight is 198 g/mol. The average Bonchev–Trinajstić information content (AvgIpc) is 2.26. The van der Waals surface area contributed by atoms with E-state index in [1.807, 2.05) is 5.01 Å². The first-order valence-electron chi connectivity index (χ1n) is 5.06. The second-order valence-corrected chi connectivity index (χ2v) is 3.23. The van der Waals surface area contributed by atoms with Gasteiger partial charge in [-0.05, 0) is 12.5 Å². The minimum absolute atomic E-state index is 0.0197. The fraction of sp³-hybridized carbons (Fsp3) is 0.700. The fourth-order valence-electron chi connectivity index (χ4n) is 1.50. The molecule has 1 aliphatic rings. The molecule has 0 aromatic carbocycles. The zero-order chi connectivity index (χ0) is 10.4. The van der Waals surface area contributed by atoms with Crippen molar-refractivity contribution in [1.29, 1.82) is 0 Å². The van der Waals surface area contributed by atoms with Gasteiger partial charge in [-0.1, -0.05) is 13.5 Å². The molecule has 4 nitrogen and oxygen atoms in total. The van der Waals surface area contributed by atoms with Crippen molar-refractivity contribution >= 4 is 5.91 Å². The zero-order valence-corrected chi connectivity index (χ0v) is 8.74. The standard InChI is InChI=1S/C10H18N2O2/c1-3-5-12(10(13)4-2)11-6-8-14-9-7-11/h4H,2-3,5-9H2,1H3. The Balaban J connectivity index is 2.55. The van der Waals surface area contributed by atoms with Crippen LogP contribution in [-0.2, 0) is 9.53 Å². The molecule has 1 fully saturated rings. The summed E-state index contributed by atoms with van der Waals surface area (Å²) in [6.45, 7) is 9.30. The van der Waals surface area contributed by atoms with Crippen LogP contribution in [0.5, 0.6) is 0 Å². The van der Waals surface area contributed by atoms with Crippen molar-refractivity contribution in [2.45, 2.75) is 13.3 Å². The molecule has 0 bridgehead atoms. The summed E-state index contributed by atoms with van der Waals surface area (Å²) in [5.41, 5.74) is 0. The lowest BCUT2D eigenvalue weighted by Crippen LogP contribution is -2.51. The SMILES string of the molecule is C=CC(=O)N(CCC)N1CCOCC1.